The van der Waals surface area contributed by atoms with Crippen LogP contribution in [-0.4, -0.2) is 30.0 Å². The smallest absolute Gasteiger partial charge is 0.255 e. The van der Waals surface area contributed by atoms with Crippen molar-refractivity contribution in [1.29, 1.82) is 0 Å². The Labute approximate surface area is 180 Å². The highest BCUT2D eigenvalue weighted by atomic mass is 35.5. The van der Waals surface area contributed by atoms with E-state index in [2.05, 4.69) is 15.3 Å². The first-order chi connectivity index (χ1) is 14.5. The van der Waals surface area contributed by atoms with Crippen LogP contribution in [0, 0.1) is 0 Å². The second-order valence-corrected chi connectivity index (χ2v) is 7.55. The number of rotatable bonds is 5. The number of hydrogen-bond acceptors (Lipinski definition) is 3. The van der Waals surface area contributed by atoms with Crippen LogP contribution in [-0.2, 0) is 0 Å². The Hall–Kier alpha value is -3.57. The van der Waals surface area contributed by atoms with Crippen molar-refractivity contribution in [2.75, 3.05) is 19.0 Å². The molecule has 0 bridgehead atoms. The Morgan fingerprint density at radius 1 is 1.03 bits per heavy atom. The maximum absolute atomic E-state index is 12.8. The van der Waals surface area contributed by atoms with E-state index < -0.39 is 0 Å². The Morgan fingerprint density at radius 2 is 1.77 bits per heavy atom. The van der Waals surface area contributed by atoms with Gasteiger partial charge in [-0.25, -0.2) is 4.98 Å². The van der Waals surface area contributed by atoms with Crippen LogP contribution >= 0.6 is 11.6 Å². The number of halogens is 1. The molecule has 0 aliphatic heterocycles. The number of amides is 1. The number of H-pyrrole nitrogens is 1. The summed E-state index contributed by atoms with van der Waals surface area (Å²) in [6.45, 7) is 0. The molecule has 5 nitrogen and oxygen atoms in total. The Morgan fingerprint density at radius 3 is 2.47 bits per heavy atom. The van der Waals surface area contributed by atoms with Crippen LogP contribution in [0.3, 0.4) is 0 Å². The van der Waals surface area contributed by atoms with E-state index in [4.69, 9.17) is 11.6 Å². The summed E-state index contributed by atoms with van der Waals surface area (Å²) in [4.78, 5) is 22.7. The molecule has 2 N–H and O–H groups in total. The summed E-state index contributed by atoms with van der Waals surface area (Å²) in [6, 6.07) is 22.6. The summed E-state index contributed by atoms with van der Waals surface area (Å²) in [5.74, 6) is 0.360. The van der Waals surface area contributed by atoms with E-state index in [9.17, 15) is 4.79 Å². The van der Waals surface area contributed by atoms with Crippen molar-refractivity contribution in [1.82, 2.24) is 15.3 Å². The van der Waals surface area contributed by atoms with Crippen LogP contribution in [0.25, 0.3) is 22.8 Å². The van der Waals surface area contributed by atoms with E-state index in [0.717, 1.165) is 22.3 Å². The summed E-state index contributed by atoms with van der Waals surface area (Å²) in [5.41, 5.74) is 4.78. The minimum Gasteiger partial charge on any atom is -0.378 e. The van der Waals surface area contributed by atoms with Gasteiger partial charge in [-0.15, -0.1) is 0 Å². The van der Waals surface area contributed by atoms with E-state index in [-0.39, 0.29) is 5.91 Å². The number of aromatic nitrogens is 2. The van der Waals surface area contributed by atoms with Gasteiger partial charge in [-0.3, -0.25) is 4.79 Å². The fourth-order valence-corrected chi connectivity index (χ4v) is 3.26. The number of carbonyl (C=O) groups is 1. The van der Waals surface area contributed by atoms with Gasteiger partial charge >= 0.3 is 0 Å². The van der Waals surface area contributed by atoms with Gasteiger partial charge in [0.25, 0.3) is 5.91 Å². The lowest BCUT2D eigenvalue weighted by atomic mass is 10.1. The number of aromatic amines is 1. The maximum atomic E-state index is 12.8. The van der Waals surface area contributed by atoms with Gasteiger partial charge in [0, 0.05) is 30.4 Å². The van der Waals surface area contributed by atoms with Crippen LogP contribution in [0.15, 0.2) is 72.8 Å². The standard InChI is InChI=1S/C24H21ClN4O/c1-29(2)19-11-8-16(9-12-19)14-22(28-24(30)17-6-4-3-5-7-17)23-26-20-13-10-18(25)15-21(20)27-23/h3-15H,1-2H3,(H,26,27)(H,28,30)/b22-14-. The average molecular weight is 417 g/mol. The molecule has 0 saturated carbocycles. The molecule has 0 radical (unpaired) electrons. The molecule has 0 atom stereocenters. The van der Waals surface area contributed by atoms with Gasteiger partial charge in [0.15, 0.2) is 5.82 Å². The number of nitrogens with one attached hydrogen (secondary N) is 2. The van der Waals surface area contributed by atoms with Gasteiger partial charge in [0.2, 0.25) is 0 Å². The van der Waals surface area contributed by atoms with Crippen LogP contribution in [0.4, 0.5) is 5.69 Å². The summed E-state index contributed by atoms with van der Waals surface area (Å²) >= 11 is 6.11. The number of anilines is 1. The zero-order valence-electron chi connectivity index (χ0n) is 16.7. The Kier molecular flexibility index (Phi) is 5.55. The molecule has 3 aromatic carbocycles. The third kappa shape index (κ3) is 4.36. The van der Waals surface area contributed by atoms with Gasteiger partial charge in [0.1, 0.15) is 0 Å². The second-order valence-electron chi connectivity index (χ2n) is 7.11. The van der Waals surface area contributed by atoms with E-state index in [0.29, 0.717) is 22.1 Å². The van der Waals surface area contributed by atoms with Crippen LogP contribution in [0.2, 0.25) is 5.02 Å². The lowest BCUT2D eigenvalue weighted by molar-refractivity contribution is 0.0973. The van der Waals surface area contributed by atoms with Gasteiger partial charge in [-0.2, -0.15) is 0 Å². The molecule has 30 heavy (non-hydrogen) atoms. The normalized spacial score (nSPS) is 11.5. The second kappa shape index (κ2) is 8.43. The van der Waals surface area contributed by atoms with Crippen molar-refractivity contribution >= 4 is 46.0 Å². The van der Waals surface area contributed by atoms with Crippen molar-refractivity contribution < 1.29 is 4.79 Å². The molecule has 0 fully saturated rings. The van der Waals surface area contributed by atoms with E-state index in [1.165, 1.54) is 0 Å². The highest BCUT2D eigenvalue weighted by Gasteiger charge is 2.13. The third-order valence-electron chi connectivity index (χ3n) is 4.70. The molecule has 1 amide bonds. The zero-order chi connectivity index (χ0) is 21.1. The van der Waals surface area contributed by atoms with Crippen LogP contribution in [0.1, 0.15) is 21.7 Å². The SMILES string of the molecule is CN(C)c1ccc(/C=C(\NC(=O)c2ccccc2)c2nc3ccc(Cl)cc3[nH]2)cc1. The number of hydrogen-bond donors (Lipinski definition) is 2. The molecule has 4 aromatic rings. The molecular weight excluding hydrogens is 396 g/mol. The molecule has 0 saturated heterocycles. The molecule has 4 rings (SSSR count). The zero-order valence-corrected chi connectivity index (χ0v) is 17.4. The van der Waals surface area contributed by atoms with Crippen LogP contribution in [0.5, 0.6) is 0 Å². The monoisotopic (exact) mass is 416 g/mol. The Bertz CT molecular complexity index is 1210. The molecule has 0 aliphatic rings. The fraction of sp³-hybridized carbons (Fsp3) is 0.0833. The molecule has 6 heteroatoms. The number of carbonyl (C=O) groups excluding carboxylic acids is 1. The molecule has 1 aromatic heterocycles. The quantitative estimate of drug-likeness (QED) is 0.469. The molecular formula is C24H21ClN4O. The first kappa shape index (κ1) is 19.7. The van der Waals surface area contributed by atoms with E-state index >= 15 is 0 Å². The Balaban J connectivity index is 1.74. The van der Waals surface area contributed by atoms with Gasteiger partial charge in [0.05, 0.1) is 16.7 Å². The lowest BCUT2D eigenvalue weighted by Gasteiger charge is -2.12. The van der Waals surface area contributed by atoms with E-state index in [1.807, 2.05) is 79.7 Å². The number of imidazole rings is 1. The topological polar surface area (TPSA) is 61.0 Å². The van der Waals surface area contributed by atoms with Crippen LogP contribution < -0.4 is 10.2 Å². The lowest BCUT2D eigenvalue weighted by Crippen LogP contribution is -2.22. The molecule has 0 unspecified atom stereocenters. The van der Waals surface area contributed by atoms with Gasteiger partial charge < -0.3 is 15.2 Å². The third-order valence-corrected chi connectivity index (χ3v) is 4.94. The summed E-state index contributed by atoms with van der Waals surface area (Å²) < 4.78 is 0. The van der Waals surface area contributed by atoms with Gasteiger partial charge in [-0.1, -0.05) is 41.9 Å². The predicted octanol–water partition coefficient (Wildman–Crippen LogP) is 5.21. The average Bonchev–Trinajstić information content (AvgIpc) is 3.17. The first-order valence-electron chi connectivity index (χ1n) is 9.51. The maximum Gasteiger partial charge on any atom is 0.255 e. The largest absolute Gasteiger partial charge is 0.378 e. The summed E-state index contributed by atoms with van der Waals surface area (Å²) in [7, 11) is 3.99. The van der Waals surface area contributed by atoms with Crippen molar-refractivity contribution in [2.45, 2.75) is 0 Å². The van der Waals surface area contributed by atoms with Crippen molar-refractivity contribution in [3.63, 3.8) is 0 Å². The predicted molar refractivity (Wildman–Crippen MR) is 124 cm³/mol. The molecule has 0 aliphatic carbocycles. The summed E-state index contributed by atoms with van der Waals surface area (Å²) in [5, 5.41) is 3.62. The van der Waals surface area contributed by atoms with Crippen molar-refractivity contribution in [2.24, 2.45) is 0 Å². The minimum absolute atomic E-state index is 0.203. The number of benzene rings is 3. The minimum atomic E-state index is -0.203. The highest BCUT2D eigenvalue weighted by molar-refractivity contribution is 6.31. The number of nitrogens with zero attached hydrogens (tertiary/aromatic N) is 2. The van der Waals surface area contributed by atoms with Gasteiger partial charge in [-0.05, 0) is 54.1 Å². The fourth-order valence-electron chi connectivity index (χ4n) is 3.09. The molecule has 0 spiro atoms. The van der Waals surface area contributed by atoms with Crippen molar-refractivity contribution in [3.8, 4) is 0 Å². The number of fused-ring (bicyclic) bond motifs is 1. The van der Waals surface area contributed by atoms with Crippen molar-refractivity contribution in [3.05, 3.63) is 94.8 Å². The first-order valence-corrected chi connectivity index (χ1v) is 9.88. The highest BCUT2D eigenvalue weighted by Crippen LogP contribution is 2.22. The molecule has 1 heterocycles. The van der Waals surface area contributed by atoms with E-state index in [1.54, 1.807) is 18.2 Å². The summed E-state index contributed by atoms with van der Waals surface area (Å²) in [6.07, 6.45) is 1.90. The molecule has 150 valence electrons.